The Bertz CT molecular complexity index is 778. The average molecular weight is 312 g/mol. The van der Waals surface area contributed by atoms with Crippen molar-refractivity contribution in [1.82, 2.24) is 4.98 Å². The van der Waals surface area contributed by atoms with Crippen LogP contribution in [0.3, 0.4) is 0 Å². The zero-order valence-corrected chi connectivity index (χ0v) is 12.7. The van der Waals surface area contributed by atoms with Gasteiger partial charge in [-0.15, -0.1) is 0 Å². The highest BCUT2D eigenvalue weighted by Gasteiger charge is 2.26. The highest BCUT2D eigenvalue weighted by molar-refractivity contribution is 5.69. The lowest BCUT2D eigenvalue weighted by Gasteiger charge is -2.30. The second-order valence-electron chi connectivity index (χ2n) is 5.75. The Labute approximate surface area is 133 Å². The molecule has 1 aromatic carbocycles. The van der Waals surface area contributed by atoms with Crippen LogP contribution in [0.1, 0.15) is 25.5 Å². The van der Waals surface area contributed by atoms with Crippen molar-refractivity contribution in [3.63, 3.8) is 0 Å². The van der Waals surface area contributed by atoms with E-state index in [1.54, 1.807) is 18.2 Å². The molecule has 118 valence electrons. The van der Waals surface area contributed by atoms with Crippen LogP contribution in [0.4, 0.5) is 11.6 Å². The van der Waals surface area contributed by atoms with Gasteiger partial charge in [0.2, 0.25) is 17.5 Å². The van der Waals surface area contributed by atoms with Gasteiger partial charge in [-0.2, -0.15) is 10.2 Å². The summed E-state index contributed by atoms with van der Waals surface area (Å²) in [7, 11) is 0. The summed E-state index contributed by atoms with van der Waals surface area (Å²) in [6.45, 7) is 3.74. The number of nitriles is 1. The van der Waals surface area contributed by atoms with Crippen LogP contribution in [-0.4, -0.2) is 23.0 Å². The SMILES string of the molecule is CC1CCCN(c2oc(-c3ccccc3[N+](=O)[O-])nc2C#N)C1. The minimum Gasteiger partial charge on any atom is -0.419 e. The summed E-state index contributed by atoms with van der Waals surface area (Å²) in [6, 6.07) is 8.27. The van der Waals surface area contributed by atoms with E-state index in [1.807, 2.05) is 11.0 Å². The van der Waals surface area contributed by atoms with Crippen LogP contribution in [0.25, 0.3) is 11.5 Å². The third kappa shape index (κ3) is 2.88. The first-order chi connectivity index (χ1) is 11.1. The first kappa shape index (κ1) is 15.0. The van der Waals surface area contributed by atoms with Gasteiger partial charge in [-0.05, 0) is 24.8 Å². The first-order valence-electron chi connectivity index (χ1n) is 7.50. The summed E-state index contributed by atoms with van der Waals surface area (Å²) >= 11 is 0. The predicted molar refractivity (Wildman–Crippen MR) is 83.9 cm³/mol. The molecule has 0 amide bonds. The van der Waals surface area contributed by atoms with E-state index in [2.05, 4.69) is 11.9 Å². The largest absolute Gasteiger partial charge is 0.419 e. The Hall–Kier alpha value is -2.88. The van der Waals surface area contributed by atoms with Crippen molar-refractivity contribution in [2.24, 2.45) is 5.92 Å². The molecular weight excluding hydrogens is 296 g/mol. The topological polar surface area (TPSA) is 96.2 Å². The number of para-hydroxylation sites is 1. The molecule has 1 atom stereocenters. The number of hydrogen-bond donors (Lipinski definition) is 0. The first-order valence-corrected chi connectivity index (χ1v) is 7.50. The lowest BCUT2D eigenvalue weighted by atomic mass is 10.0. The molecule has 3 rings (SSSR count). The van der Waals surface area contributed by atoms with Crippen molar-refractivity contribution in [2.75, 3.05) is 18.0 Å². The van der Waals surface area contributed by atoms with Crippen LogP contribution in [0.5, 0.6) is 0 Å². The van der Waals surface area contributed by atoms with Crippen molar-refractivity contribution in [2.45, 2.75) is 19.8 Å². The van der Waals surface area contributed by atoms with Gasteiger partial charge in [0, 0.05) is 19.2 Å². The number of hydrogen-bond acceptors (Lipinski definition) is 6. The van der Waals surface area contributed by atoms with Crippen LogP contribution in [0.2, 0.25) is 0 Å². The molecule has 0 N–H and O–H groups in total. The summed E-state index contributed by atoms with van der Waals surface area (Å²) in [5, 5.41) is 20.5. The zero-order valence-electron chi connectivity index (χ0n) is 12.7. The van der Waals surface area contributed by atoms with Crippen LogP contribution in [0, 0.1) is 27.4 Å². The molecule has 0 radical (unpaired) electrons. The third-order valence-corrected chi connectivity index (χ3v) is 3.99. The highest BCUT2D eigenvalue weighted by atomic mass is 16.6. The van der Waals surface area contributed by atoms with Crippen molar-refractivity contribution < 1.29 is 9.34 Å². The Balaban J connectivity index is 2.03. The van der Waals surface area contributed by atoms with Crippen molar-refractivity contribution in [1.29, 1.82) is 5.26 Å². The number of piperidine rings is 1. The molecule has 1 fully saturated rings. The second-order valence-corrected chi connectivity index (χ2v) is 5.75. The normalized spacial score (nSPS) is 17.7. The minimum atomic E-state index is -0.478. The molecule has 2 heterocycles. The Morgan fingerprint density at radius 1 is 1.48 bits per heavy atom. The van der Waals surface area contributed by atoms with Gasteiger partial charge in [-0.25, -0.2) is 0 Å². The lowest BCUT2D eigenvalue weighted by Crippen LogP contribution is -2.34. The summed E-state index contributed by atoms with van der Waals surface area (Å²) in [6.07, 6.45) is 2.16. The number of anilines is 1. The fourth-order valence-electron chi connectivity index (χ4n) is 2.90. The molecule has 2 aromatic rings. The molecule has 1 aliphatic rings. The van der Waals surface area contributed by atoms with E-state index in [0.29, 0.717) is 11.8 Å². The van der Waals surface area contributed by atoms with E-state index in [0.717, 1.165) is 25.9 Å². The maximum atomic E-state index is 11.2. The molecule has 0 saturated carbocycles. The number of aromatic nitrogens is 1. The monoisotopic (exact) mass is 312 g/mol. The Kier molecular flexibility index (Phi) is 3.98. The molecule has 0 bridgehead atoms. The molecule has 1 unspecified atom stereocenters. The van der Waals surface area contributed by atoms with Gasteiger partial charge in [0.15, 0.2) is 0 Å². The number of nitro benzene ring substituents is 1. The number of nitro groups is 1. The van der Waals surface area contributed by atoms with Gasteiger partial charge in [0.1, 0.15) is 11.6 Å². The second kappa shape index (κ2) is 6.08. The predicted octanol–water partition coefficient (Wildman–Crippen LogP) is 3.36. The quantitative estimate of drug-likeness (QED) is 0.637. The van der Waals surface area contributed by atoms with Gasteiger partial charge in [-0.1, -0.05) is 19.1 Å². The summed E-state index contributed by atoms with van der Waals surface area (Å²) in [4.78, 5) is 16.9. The van der Waals surface area contributed by atoms with Crippen LogP contribution >= 0.6 is 0 Å². The number of rotatable bonds is 3. The van der Waals surface area contributed by atoms with E-state index in [4.69, 9.17) is 4.42 Å². The minimum absolute atomic E-state index is 0.0863. The van der Waals surface area contributed by atoms with E-state index < -0.39 is 4.92 Å². The Morgan fingerprint density at radius 2 is 2.26 bits per heavy atom. The molecule has 0 spiro atoms. The number of oxazole rings is 1. The van der Waals surface area contributed by atoms with Gasteiger partial charge >= 0.3 is 0 Å². The molecule has 0 aliphatic carbocycles. The van der Waals surface area contributed by atoms with Gasteiger partial charge < -0.3 is 9.32 Å². The third-order valence-electron chi connectivity index (χ3n) is 3.99. The fraction of sp³-hybridized carbons (Fsp3) is 0.375. The summed E-state index contributed by atoms with van der Waals surface area (Å²) < 4.78 is 5.76. The fourth-order valence-corrected chi connectivity index (χ4v) is 2.90. The van der Waals surface area contributed by atoms with E-state index >= 15 is 0 Å². The molecule has 1 saturated heterocycles. The van der Waals surface area contributed by atoms with Crippen molar-refractivity contribution in [3.05, 3.63) is 40.1 Å². The number of nitrogens with zero attached hydrogens (tertiary/aromatic N) is 4. The van der Waals surface area contributed by atoms with Crippen LogP contribution in [-0.2, 0) is 0 Å². The van der Waals surface area contributed by atoms with E-state index in [9.17, 15) is 15.4 Å². The molecule has 7 heteroatoms. The molecule has 23 heavy (non-hydrogen) atoms. The van der Waals surface area contributed by atoms with E-state index in [1.165, 1.54) is 6.07 Å². The summed E-state index contributed by atoms with van der Waals surface area (Å²) in [5.41, 5.74) is 0.370. The molecule has 1 aliphatic heterocycles. The smallest absolute Gasteiger partial charge is 0.282 e. The average Bonchev–Trinajstić information content (AvgIpc) is 2.99. The highest BCUT2D eigenvalue weighted by Crippen LogP contribution is 2.34. The van der Waals surface area contributed by atoms with E-state index in [-0.39, 0.29) is 22.8 Å². The lowest BCUT2D eigenvalue weighted by molar-refractivity contribution is -0.384. The Morgan fingerprint density at radius 3 is 2.96 bits per heavy atom. The van der Waals surface area contributed by atoms with Crippen molar-refractivity contribution >= 4 is 11.6 Å². The zero-order chi connectivity index (χ0) is 16.4. The molecular formula is C16H16N4O3. The molecule has 1 aromatic heterocycles. The summed E-state index contributed by atoms with van der Waals surface area (Å²) in [5.74, 6) is 1.03. The van der Waals surface area contributed by atoms with Crippen LogP contribution < -0.4 is 4.90 Å². The van der Waals surface area contributed by atoms with Crippen molar-refractivity contribution in [3.8, 4) is 17.5 Å². The van der Waals surface area contributed by atoms with Crippen LogP contribution in [0.15, 0.2) is 28.7 Å². The maximum Gasteiger partial charge on any atom is 0.282 e. The molecule has 7 nitrogen and oxygen atoms in total. The maximum absolute atomic E-state index is 11.2. The van der Waals surface area contributed by atoms with Gasteiger partial charge in [-0.3, -0.25) is 10.1 Å². The van der Waals surface area contributed by atoms with Gasteiger partial charge in [0.25, 0.3) is 5.69 Å². The van der Waals surface area contributed by atoms with Gasteiger partial charge in [0.05, 0.1) is 4.92 Å². The standard InChI is InChI=1S/C16H16N4O3/c1-11-5-4-8-19(10-11)16-13(9-17)18-15(23-16)12-6-2-3-7-14(12)20(21)22/h2-3,6-7,11H,4-5,8,10H2,1H3. The number of benzene rings is 1.